The van der Waals surface area contributed by atoms with Crippen molar-refractivity contribution in [3.05, 3.63) is 46.2 Å². The molecule has 0 saturated heterocycles. The topological polar surface area (TPSA) is 58.5 Å². The summed E-state index contributed by atoms with van der Waals surface area (Å²) < 4.78 is 19.2. The van der Waals surface area contributed by atoms with Crippen molar-refractivity contribution in [2.45, 2.75) is 33.4 Å². The molecule has 7 heteroatoms. The lowest BCUT2D eigenvalue weighted by Gasteiger charge is -2.17. The van der Waals surface area contributed by atoms with Gasteiger partial charge in [-0.3, -0.25) is 0 Å². The second-order valence-corrected chi connectivity index (χ2v) is 6.62. The van der Waals surface area contributed by atoms with Crippen LogP contribution < -0.4 is 15.4 Å². The van der Waals surface area contributed by atoms with Crippen LogP contribution in [0, 0.1) is 12.7 Å². The summed E-state index contributed by atoms with van der Waals surface area (Å²) in [5.41, 5.74) is 0. The van der Waals surface area contributed by atoms with Crippen LogP contribution in [-0.2, 0) is 6.54 Å². The summed E-state index contributed by atoms with van der Waals surface area (Å²) in [5, 5.41) is 7.35. The molecule has 130 valence electrons. The van der Waals surface area contributed by atoms with E-state index in [0.29, 0.717) is 19.0 Å². The molecule has 0 saturated carbocycles. The molecule has 1 atom stereocenters. The monoisotopic (exact) mass is 350 g/mol. The summed E-state index contributed by atoms with van der Waals surface area (Å²) in [7, 11) is 0. The molecular weight excluding hydrogens is 327 g/mol. The molecule has 0 amide bonds. The molecule has 0 radical (unpaired) electrons. The van der Waals surface area contributed by atoms with Gasteiger partial charge in [-0.25, -0.2) is 14.4 Å². The van der Waals surface area contributed by atoms with E-state index in [1.54, 1.807) is 29.5 Å². The molecule has 1 aromatic carbocycles. The smallest absolute Gasteiger partial charge is 0.191 e. The minimum absolute atomic E-state index is 0.201. The van der Waals surface area contributed by atoms with Crippen molar-refractivity contribution in [3.63, 3.8) is 0 Å². The number of para-hydroxylation sites is 1. The number of aromatic nitrogens is 1. The number of thiazole rings is 1. The molecule has 0 spiro atoms. The predicted octanol–water partition coefficient (Wildman–Crippen LogP) is 3.11. The zero-order valence-electron chi connectivity index (χ0n) is 14.2. The second-order valence-electron chi connectivity index (χ2n) is 5.30. The van der Waals surface area contributed by atoms with Crippen LogP contribution in [0.4, 0.5) is 4.39 Å². The van der Waals surface area contributed by atoms with E-state index < -0.39 is 0 Å². The largest absolute Gasteiger partial charge is 0.486 e. The lowest BCUT2D eigenvalue weighted by atomic mass is 10.3. The van der Waals surface area contributed by atoms with E-state index in [4.69, 9.17) is 4.74 Å². The molecule has 0 aliphatic heterocycles. The Hall–Kier alpha value is -2.15. The molecule has 0 bridgehead atoms. The average Bonchev–Trinajstić information content (AvgIpc) is 2.98. The van der Waals surface area contributed by atoms with E-state index in [1.165, 1.54) is 10.9 Å². The van der Waals surface area contributed by atoms with Gasteiger partial charge in [-0.15, -0.1) is 11.3 Å². The van der Waals surface area contributed by atoms with Crippen LogP contribution in [-0.4, -0.2) is 30.1 Å². The van der Waals surface area contributed by atoms with E-state index in [1.807, 2.05) is 27.0 Å². The van der Waals surface area contributed by atoms with Crippen molar-refractivity contribution in [3.8, 4) is 5.75 Å². The zero-order chi connectivity index (χ0) is 17.4. The maximum Gasteiger partial charge on any atom is 0.191 e. The molecular formula is C17H23FN4OS. The van der Waals surface area contributed by atoms with Crippen molar-refractivity contribution in [2.24, 2.45) is 4.99 Å². The Bertz CT molecular complexity index is 674. The van der Waals surface area contributed by atoms with Gasteiger partial charge >= 0.3 is 0 Å². The number of rotatable bonds is 7. The van der Waals surface area contributed by atoms with Crippen LogP contribution in [0.2, 0.25) is 0 Å². The highest BCUT2D eigenvalue weighted by Gasteiger charge is 2.09. The molecule has 2 N–H and O–H groups in total. The Kier molecular flexibility index (Phi) is 6.99. The summed E-state index contributed by atoms with van der Waals surface area (Å²) in [5.74, 6) is 0.588. The Labute approximate surface area is 146 Å². The minimum Gasteiger partial charge on any atom is -0.486 e. The SMILES string of the molecule is CCNC(=NCc1ncc(C)s1)NCC(C)Oc1ccccc1F. The molecule has 2 rings (SSSR count). The third-order valence-corrected chi connectivity index (χ3v) is 4.01. The van der Waals surface area contributed by atoms with Gasteiger partial charge in [-0.2, -0.15) is 0 Å². The molecule has 1 heterocycles. The van der Waals surface area contributed by atoms with E-state index in [-0.39, 0.29) is 17.7 Å². The molecule has 1 aromatic heterocycles. The van der Waals surface area contributed by atoms with Crippen molar-refractivity contribution >= 4 is 17.3 Å². The van der Waals surface area contributed by atoms with Crippen LogP contribution >= 0.6 is 11.3 Å². The molecule has 0 aliphatic carbocycles. The van der Waals surface area contributed by atoms with Gasteiger partial charge in [-0.1, -0.05) is 12.1 Å². The number of hydrogen-bond acceptors (Lipinski definition) is 4. The van der Waals surface area contributed by atoms with Crippen LogP contribution in [0.15, 0.2) is 35.5 Å². The van der Waals surface area contributed by atoms with Crippen LogP contribution in [0.25, 0.3) is 0 Å². The molecule has 2 aromatic rings. The molecule has 24 heavy (non-hydrogen) atoms. The highest BCUT2D eigenvalue weighted by atomic mass is 32.1. The van der Waals surface area contributed by atoms with Crippen molar-refractivity contribution in [1.29, 1.82) is 0 Å². The van der Waals surface area contributed by atoms with E-state index >= 15 is 0 Å². The first kappa shape index (κ1) is 18.2. The number of aryl methyl sites for hydroxylation is 1. The van der Waals surface area contributed by atoms with Gasteiger partial charge < -0.3 is 15.4 Å². The number of nitrogens with one attached hydrogen (secondary N) is 2. The first-order chi connectivity index (χ1) is 11.6. The quantitative estimate of drug-likeness (QED) is 0.595. The van der Waals surface area contributed by atoms with Gasteiger partial charge in [0, 0.05) is 17.6 Å². The zero-order valence-corrected chi connectivity index (χ0v) is 15.0. The lowest BCUT2D eigenvalue weighted by molar-refractivity contribution is 0.214. The number of nitrogens with zero attached hydrogens (tertiary/aromatic N) is 2. The standard InChI is InChI=1S/C17H23FN4OS/c1-4-19-17(22-11-16-20-10-13(3)24-16)21-9-12(2)23-15-8-6-5-7-14(15)18/h5-8,10,12H,4,9,11H2,1-3H3,(H2,19,21,22). The Balaban J connectivity index is 1.87. The normalized spacial score (nSPS) is 12.8. The number of hydrogen-bond donors (Lipinski definition) is 2. The van der Waals surface area contributed by atoms with Crippen LogP contribution in [0.5, 0.6) is 5.75 Å². The molecule has 1 unspecified atom stereocenters. The average molecular weight is 350 g/mol. The van der Waals surface area contributed by atoms with Crippen LogP contribution in [0.1, 0.15) is 23.7 Å². The fourth-order valence-corrected chi connectivity index (χ4v) is 2.71. The molecule has 0 aliphatic rings. The molecule has 5 nitrogen and oxygen atoms in total. The summed E-state index contributed by atoms with van der Waals surface area (Å²) in [6.45, 7) is 7.70. The van der Waals surface area contributed by atoms with Gasteiger partial charge in [0.15, 0.2) is 17.5 Å². The Morgan fingerprint density at radius 3 is 2.83 bits per heavy atom. The molecule has 0 fully saturated rings. The second kappa shape index (κ2) is 9.22. The minimum atomic E-state index is -0.357. The fraction of sp³-hybridized carbons (Fsp3) is 0.412. The predicted molar refractivity (Wildman–Crippen MR) is 96.2 cm³/mol. The van der Waals surface area contributed by atoms with Crippen molar-refractivity contribution in [1.82, 2.24) is 15.6 Å². The van der Waals surface area contributed by atoms with E-state index in [0.717, 1.165) is 11.6 Å². The third-order valence-electron chi connectivity index (χ3n) is 3.11. The number of halogens is 1. The van der Waals surface area contributed by atoms with Gasteiger partial charge in [0.25, 0.3) is 0 Å². The summed E-state index contributed by atoms with van der Waals surface area (Å²) in [6.07, 6.45) is 1.65. The maximum absolute atomic E-state index is 13.6. The summed E-state index contributed by atoms with van der Waals surface area (Å²) in [4.78, 5) is 9.98. The van der Waals surface area contributed by atoms with Crippen LogP contribution in [0.3, 0.4) is 0 Å². The Morgan fingerprint density at radius 1 is 1.38 bits per heavy atom. The van der Waals surface area contributed by atoms with E-state index in [9.17, 15) is 4.39 Å². The van der Waals surface area contributed by atoms with E-state index in [2.05, 4.69) is 20.6 Å². The lowest BCUT2D eigenvalue weighted by Crippen LogP contribution is -2.41. The highest BCUT2D eigenvalue weighted by molar-refractivity contribution is 7.11. The first-order valence-electron chi connectivity index (χ1n) is 7.93. The number of benzene rings is 1. The van der Waals surface area contributed by atoms with Gasteiger partial charge in [0.2, 0.25) is 0 Å². The Morgan fingerprint density at radius 2 is 2.17 bits per heavy atom. The third kappa shape index (κ3) is 5.81. The van der Waals surface area contributed by atoms with Gasteiger partial charge in [0.1, 0.15) is 11.1 Å². The van der Waals surface area contributed by atoms with Crippen molar-refractivity contribution < 1.29 is 9.13 Å². The number of guanidine groups is 1. The van der Waals surface area contributed by atoms with Crippen molar-refractivity contribution in [2.75, 3.05) is 13.1 Å². The highest BCUT2D eigenvalue weighted by Crippen LogP contribution is 2.16. The number of aliphatic imine (C=N–C) groups is 1. The summed E-state index contributed by atoms with van der Waals surface area (Å²) in [6, 6.07) is 6.40. The maximum atomic E-state index is 13.6. The fourth-order valence-electron chi connectivity index (χ4n) is 2.00. The summed E-state index contributed by atoms with van der Waals surface area (Å²) >= 11 is 1.64. The van der Waals surface area contributed by atoms with Gasteiger partial charge in [-0.05, 0) is 32.9 Å². The first-order valence-corrected chi connectivity index (χ1v) is 8.74. The van der Waals surface area contributed by atoms with Gasteiger partial charge in [0.05, 0.1) is 13.1 Å². The number of ether oxygens (including phenoxy) is 1.